The minimum Gasteiger partial charge on any atom is -0.478 e. The van der Waals surface area contributed by atoms with E-state index in [1.165, 1.54) is 0 Å². The number of carboxylic acid groups (broad SMARTS) is 1. The standard InChI is InChI=1S/C28H25ClN2O4/c1-16-2-3-18(12-20(16)26(32)33)23-15-28(23)22-13-21(24(29)14-25(22)30-27(28)34)17-4-6-19(7-5-17)31-8-10-35-11-9-31/h2-7,12-14,23H,8-11,15H2,1H3,(H,30,34)(H,32,33). The molecule has 2 aliphatic heterocycles. The van der Waals surface area contributed by atoms with E-state index in [0.29, 0.717) is 17.0 Å². The van der Waals surface area contributed by atoms with Crippen LogP contribution in [0.15, 0.2) is 54.6 Å². The molecule has 0 aromatic heterocycles. The van der Waals surface area contributed by atoms with E-state index in [9.17, 15) is 14.7 Å². The first kappa shape index (κ1) is 22.1. The van der Waals surface area contributed by atoms with Crippen LogP contribution < -0.4 is 10.2 Å². The zero-order chi connectivity index (χ0) is 24.3. The highest BCUT2D eigenvalue weighted by atomic mass is 35.5. The predicted molar refractivity (Wildman–Crippen MR) is 136 cm³/mol. The van der Waals surface area contributed by atoms with Crippen molar-refractivity contribution in [3.8, 4) is 11.1 Å². The molecule has 7 heteroatoms. The average molecular weight is 489 g/mol. The van der Waals surface area contributed by atoms with Gasteiger partial charge in [-0.25, -0.2) is 4.79 Å². The molecule has 3 aromatic carbocycles. The zero-order valence-electron chi connectivity index (χ0n) is 19.3. The number of carbonyl (C=O) groups excluding carboxylic acids is 1. The zero-order valence-corrected chi connectivity index (χ0v) is 20.1. The minimum atomic E-state index is -0.954. The smallest absolute Gasteiger partial charge is 0.335 e. The van der Waals surface area contributed by atoms with Crippen molar-refractivity contribution in [3.05, 3.63) is 81.9 Å². The average Bonchev–Trinajstić information content (AvgIpc) is 3.55. The van der Waals surface area contributed by atoms with Gasteiger partial charge in [-0.1, -0.05) is 35.9 Å². The van der Waals surface area contributed by atoms with Crippen molar-refractivity contribution >= 4 is 34.9 Å². The summed E-state index contributed by atoms with van der Waals surface area (Å²) in [6.45, 7) is 5.00. The molecule has 3 aliphatic rings. The second-order valence-corrected chi connectivity index (χ2v) is 9.99. The summed E-state index contributed by atoms with van der Waals surface area (Å²) in [5.41, 5.74) is 5.87. The summed E-state index contributed by atoms with van der Waals surface area (Å²) in [5.74, 6) is -1.07. The van der Waals surface area contributed by atoms with Crippen molar-refractivity contribution < 1.29 is 19.4 Å². The van der Waals surface area contributed by atoms with Gasteiger partial charge < -0.3 is 20.1 Å². The Kier molecular flexibility index (Phi) is 5.13. The maximum atomic E-state index is 13.2. The number of hydrogen-bond acceptors (Lipinski definition) is 4. The topological polar surface area (TPSA) is 78.9 Å². The fraction of sp³-hybridized carbons (Fsp3) is 0.286. The van der Waals surface area contributed by atoms with Gasteiger partial charge in [0.1, 0.15) is 0 Å². The van der Waals surface area contributed by atoms with Gasteiger partial charge in [0.2, 0.25) is 5.91 Å². The first-order valence-corrected chi connectivity index (χ1v) is 12.2. The molecule has 2 fully saturated rings. The van der Waals surface area contributed by atoms with E-state index in [2.05, 4.69) is 34.5 Å². The minimum absolute atomic E-state index is 0.0502. The van der Waals surface area contributed by atoms with E-state index in [1.807, 2.05) is 24.3 Å². The van der Waals surface area contributed by atoms with Crippen molar-refractivity contribution in [2.45, 2.75) is 24.7 Å². The number of ether oxygens (including phenoxy) is 1. The highest BCUT2D eigenvalue weighted by molar-refractivity contribution is 6.34. The Morgan fingerprint density at radius 1 is 1.11 bits per heavy atom. The molecule has 1 spiro atoms. The lowest BCUT2D eigenvalue weighted by Crippen LogP contribution is -2.36. The van der Waals surface area contributed by atoms with Gasteiger partial charge in [0.25, 0.3) is 0 Å². The van der Waals surface area contributed by atoms with Crippen LogP contribution >= 0.6 is 11.6 Å². The van der Waals surface area contributed by atoms with Crippen LogP contribution in [0.3, 0.4) is 0 Å². The van der Waals surface area contributed by atoms with Crippen molar-refractivity contribution in [2.75, 3.05) is 36.5 Å². The van der Waals surface area contributed by atoms with Crippen LogP contribution in [0, 0.1) is 6.92 Å². The third kappa shape index (κ3) is 3.51. The Bertz CT molecular complexity index is 1360. The Morgan fingerprint density at radius 3 is 2.57 bits per heavy atom. The van der Waals surface area contributed by atoms with Crippen LogP contribution in [-0.2, 0) is 14.9 Å². The molecule has 1 aliphatic carbocycles. The number of anilines is 2. The lowest BCUT2D eigenvalue weighted by Gasteiger charge is -2.29. The first-order valence-electron chi connectivity index (χ1n) is 11.8. The largest absolute Gasteiger partial charge is 0.478 e. The highest BCUT2D eigenvalue weighted by Crippen LogP contribution is 2.65. The third-order valence-corrected chi connectivity index (χ3v) is 7.96. The summed E-state index contributed by atoms with van der Waals surface area (Å²) < 4.78 is 5.45. The number of aromatic carboxylic acids is 1. The maximum Gasteiger partial charge on any atom is 0.335 e. The Labute approximate surface area is 208 Å². The lowest BCUT2D eigenvalue weighted by atomic mass is 9.89. The van der Waals surface area contributed by atoms with Crippen LogP contribution in [0.25, 0.3) is 11.1 Å². The van der Waals surface area contributed by atoms with Crippen LogP contribution in [0.5, 0.6) is 0 Å². The molecule has 0 bridgehead atoms. The molecule has 6 rings (SSSR count). The molecule has 1 saturated carbocycles. The van der Waals surface area contributed by atoms with Crippen molar-refractivity contribution in [2.24, 2.45) is 0 Å². The SMILES string of the molecule is Cc1ccc(C2CC23C(=O)Nc2cc(Cl)c(-c4ccc(N5CCOCC5)cc4)cc23)cc1C(=O)O. The van der Waals surface area contributed by atoms with E-state index in [-0.39, 0.29) is 17.4 Å². The van der Waals surface area contributed by atoms with Crippen LogP contribution in [0.1, 0.15) is 39.4 Å². The van der Waals surface area contributed by atoms with Crippen LogP contribution in [0.2, 0.25) is 5.02 Å². The number of amides is 1. The molecule has 35 heavy (non-hydrogen) atoms. The van der Waals surface area contributed by atoms with Crippen molar-refractivity contribution in [1.82, 2.24) is 0 Å². The monoisotopic (exact) mass is 488 g/mol. The fourth-order valence-corrected chi connectivity index (χ4v) is 5.87. The first-order chi connectivity index (χ1) is 16.9. The van der Waals surface area contributed by atoms with Gasteiger partial charge in [0.05, 0.1) is 29.2 Å². The number of halogens is 1. The normalized spacial score (nSPS) is 22.7. The van der Waals surface area contributed by atoms with Gasteiger partial charge in [-0.3, -0.25) is 4.79 Å². The molecule has 2 atom stereocenters. The van der Waals surface area contributed by atoms with E-state index < -0.39 is 11.4 Å². The number of nitrogens with one attached hydrogen (secondary N) is 1. The quantitative estimate of drug-likeness (QED) is 0.526. The number of morpholine rings is 1. The number of nitrogens with zero attached hydrogens (tertiary/aromatic N) is 1. The summed E-state index contributed by atoms with van der Waals surface area (Å²) in [6, 6.07) is 17.7. The van der Waals surface area contributed by atoms with Gasteiger partial charge in [-0.2, -0.15) is 0 Å². The molecule has 6 nitrogen and oxygen atoms in total. The maximum absolute atomic E-state index is 13.2. The fourth-order valence-electron chi connectivity index (χ4n) is 5.60. The van der Waals surface area contributed by atoms with E-state index >= 15 is 0 Å². The summed E-state index contributed by atoms with van der Waals surface area (Å²) in [6.07, 6.45) is 0.644. The Morgan fingerprint density at radius 2 is 1.86 bits per heavy atom. The summed E-state index contributed by atoms with van der Waals surface area (Å²) >= 11 is 6.68. The second kappa shape index (κ2) is 8.11. The van der Waals surface area contributed by atoms with Gasteiger partial charge in [0, 0.05) is 35.9 Å². The number of carboxylic acids is 1. The third-order valence-electron chi connectivity index (χ3n) is 7.65. The molecule has 2 N–H and O–H groups in total. The number of benzene rings is 3. The molecule has 2 heterocycles. The molecule has 1 amide bonds. The summed E-state index contributed by atoms with van der Waals surface area (Å²) in [5, 5.41) is 13.1. The number of fused-ring (bicyclic) bond motifs is 2. The van der Waals surface area contributed by atoms with Crippen LogP contribution in [-0.4, -0.2) is 43.3 Å². The number of aryl methyl sites for hydroxylation is 1. The van der Waals surface area contributed by atoms with E-state index in [1.54, 1.807) is 13.0 Å². The Hall–Kier alpha value is -3.35. The molecular weight excluding hydrogens is 464 g/mol. The van der Waals surface area contributed by atoms with Gasteiger partial charge in [-0.05, 0) is 65.9 Å². The number of hydrogen-bond donors (Lipinski definition) is 2. The van der Waals surface area contributed by atoms with Gasteiger partial charge in [0.15, 0.2) is 0 Å². The molecule has 0 radical (unpaired) electrons. The Balaban J connectivity index is 1.35. The van der Waals surface area contributed by atoms with Gasteiger partial charge in [-0.15, -0.1) is 0 Å². The highest BCUT2D eigenvalue weighted by Gasteiger charge is 2.65. The molecule has 178 valence electrons. The number of carbonyl (C=O) groups is 2. The predicted octanol–water partition coefficient (Wildman–Crippen LogP) is 5.23. The van der Waals surface area contributed by atoms with Crippen molar-refractivity contribution in [1.29, 1.82) is 0 Å². The molecule has 1 saturated heterocycles. The van der Waals surface area contributed by atoms with Crippen molar-refractivity contribution in [3.63, 3.8) is 0 Å². The second-order valence-electron chi connectivity index (χ2n) is 9.59. The van der Waals surface area contributed by atoms with E-state index in [0.717, 1.165) is 59.9 Å². The number of rotatable bonds is 4. The lowest BCUT2D eigenvalue weighted by molar-refractivity contribution is -0.118. The van der Waals surface area contributed by atoms with Gasteiger partial charge >= 0.3 is 5.97 Å². The van der Waals surface area contributed by atoms with Crippen LogP contribution in [0.4, 0.5) is 11.4 Å². The van der Waals surface area contributed by atoms with E-state index in [4.69, 9.17) is 16.3 Å². The summed E-state index contributed by atoms with van der Waals surface area (Å²) in [4.78, 5) is 27.1. The molecular formula is C28H25ClN2O4. The molecule has 3 aromatic rings. The summed E-state index contributed by atoms with van der Waals surface area (Å²) in [7, 11) is 0. The molecule has 2 unspecified atom stereocenters.